The molecule has 0 spiro atoms. The lowest BCUT2D eigenvalue weighted by Gasteiger charge is -2.47. The van der Waals surface area contributed by atoms with Crippen LogP contribution in [-0.2, 0) is 4.79 Å². The Balaban J connectivity index is 1.88. The van der Waals surface area contributed by atoms with Crippen molar-refractivity contribution in [3.8, 4) is 0 Å². The number of nitrogens with one attached hydrogen (secondary N) is 1. The monoisotopic (exact) mass is 506 g/mol. The van der Waals surface area contributed by atoms with Gasteiger partial charge in [-0.3, -0.25) is 14.4 Å². The smallest absolute Gasteiger partial charge is 0.291 e. The summed E-state index contributed by atoms with van der Waals surface area (Å²) in [6.07, 6.45) is 6.03. The summed E-state index contributed by atoms with van der Waals surface area (Å²) in [6, 6.07) is 0.586. The maximum absolute atomic E-state index is 13.6. The minimum atomic E-state index is -1.04. The predicted octanol–water partition coefficient (Wildman–Crippen LogP) is 2.86. The highest BCUT2D eigenvalue weighted by molar-refractivity contribution is 7.99. The Labute approximate surface area is 209 Å². The van der Waals surface area contributed by atoms with Crippen molar-refractivity contribution in [1.82, 2.24) is 30.5 Å². The molecule has 3 rings (SSSR count). The highest BCUT2D eigenvalue weighted by Crippen LogP contribution is 2.34. The quantitative estimate of drug-likeness (QED) is 0.187. The van der Waals surface area contributed by atoms with Gasteiger partial charge in [-0.05, 0) is 52.1 Å². The molecule has 2 heterocycles. The summed E-state index contributed by atoms with van der Waals surface area (Å²) in [6.45, 7) is 4.76. The Hall–Kier alpha value is -2.73. The standard InChI is InChI=1S/C23H34N6O5S/c1-16(2)14-17(19(31)21-26-27-22(33-21)35-13-12-28(3)4)29(15-30)23(9-6-5-7-10-23)25-20(32)18-8-11-24-34-18/h8,11,15-17H,5-7,9-10,12-14H2,1-4H3,(H,25,32). The van der Waals surface area contributed by atoms with Crippen LogP contribution in [0.2, 0.25) is 0 Å². The first-order chi connectivity index (χ1) is 16.8. The van der Waals surface area contributed by atoms with Gasteiger partial charge in [0.2, 0.25) is 18.0 Å². The number of hydrogen-bond acceptors (Lipinski definition) is 10. The number of hydrogen-bond donors (Lipinski definition) is 1. The summed E-state index contributed by atoms with van der Waals surface area (Å²) in [5, 5.41) is 14.9. The molecule has 0 saturated heterocycles. The number of rotatable bonds is 13. The lowest BCUT2D eigenvalue weighted by Crippen LogP contribution is -2.65. The van der Waals surface area contributed by atoms with Crippen molar-refractivity contribution >= 4 is 29.9 Å². The third-order valence-electron chi connectivity index (χ3n) is 6.01. The summed E-state index contributed by atoms with van der Waals surface area (Å²) < 4.78 is 10.7. The zero-order chi connectivity index (χ0) is 25.4. The average molecular weight is 507 g/mol. The van der Waals surface area contributed by atoms with E-state index >= 15 is 0 Å². The molecule has 11 nitrogen and oxygen atoms in total. The van der Waals surface area contributed by atoms with E-state index < -0.39 is 23.4 Å². The molecule has 1 fully saturated rings. The molecule has 1 saturated carbocycles. The zero-order valence-corrected chi connectivity index (χ0v) is 21.5. The fourth-order valence-electron chi connectivity index (χ4n) is 4.28. The third-order valence-corrected chi connectivity index (χ3v) is 6.81. The van der Waals surface area contributed by atoms with Gasteiger partial charge in [-0.15, -0.1) is 10.2 Å². The van der Waals surface area contributed by atoms with Crippen LogP contribution in [0.15, 0.2) is 26.4 Å². The van der Waals surface area contributed by atoms with Gasteiger partial charge in [0.15, 0.2) is 0 Å². The fraction of sp³-hybridized carbons (Fsp3) is 0.652. The average Bonchev–Trinajstić information content (AvgIpc) is 3.51. The minimum absolute atomic E-state index is 0.0452. The van der Waals surface area contributed by atoms with Crippen molar-refractivity contribution < 1.29 is 23.3 Å². The second-order valence-corrected chi connectivity index (χ2v) is 10.5. The molecular weight excluding hydrogens is 472 g/mol. The molecule has 1 N–H and O–H groups in total. The zero-order valence-electron chi connectivity index (χ0n) is 20.7. The number of Topliss-reactive ketones (excluding diaryl/α,β-unsaturated/α-hetero) is 1. The number of aromatic nitrogens is 3. The lowest BCUT2D eigenvalue weighted by molar-refractivity contribution is -0.129. The van der Waals surface area contributed by atoms with Crippen molar-refractivity contribution in [2.75, 3.05) is 26.4 Å². The Kier molecular flexibility index (Phi) is 9.44. The van der Waals surface area contributed by atoms with E-state index in [1.807, 2.05) is 32.8 Å². The Morgan fingerprint density at radius 3 is 2.57 bits per heavy atom. The van der Waals surface area contributed by atoms with Crippen LogP contribution in [0.25, 0.3) is 0 Å². The van der Waals surface area contributed by atoms with Crippen LogP contribution in [0.3, 0.4) is 0 Å². The molecule has 35 heavy (non-hydrogen) atoms. The maximum atomic E-state index is 13.6. The van der Waals surface area contributed by atoms with Gasteiger partial charge in [0.1, 0.15) is 11.7 Å². The van der Waals surface area contributed by atoms with E-state index in [-0.39, 0.29) is 17.6 Å². The summed E-state index contributed by atoms with van der Waals surface area (Å²) in [4.78, 5) is 42.6. The molecule has 0 aromatic carbocycles. The van der Waals surface area contributed by atoms with Gasteiger partial charge in [0.05, 0.1) is 6.20 Å². The van der Waals surface area contributed by atoms with Gasteiger partial charge in [0.25, 0.3) is 17.0 Å². The SMILES string of the molecule is CC(C)CC(C(=O)c1nnc(SCCN(C)C)o1)N(C=O)C1(NC(=O)c2ccno2)CCCCC1. The van der Waals surface area contributed by atoms with Gasteiger partial charge in [-0.25, -0.2) is 0 Å². The third kappa shape index (κ3) is 6.91. The number of thioether (sulfide) groups is 1. The summed E-state index contributed by atoms with van der Waals surface area (Å²) in [7, 11) is 3.94. The van der Waals surface area contributed by atoms with Crippen molar-refractivity contribution in [2.24, 2.45) is 5.92 Å². The highest BCUT2D eigenvalue weighted by Gasteiger charge is 2.46. The molecule has 0 bridgehead atoms. The van der Waals surface area contributed by atoms with Crippen molar-refractivity contribution in [1.29, 1.82) is 0 Å². The minimum Gasteiger partial charge on any atom is -0.408 e. The largest absolute Gasteiger partial charge is 0.408 e. The van der Waals surface area contributed by atoms with Crippen LogP contribution in [0.4, 0.5) is 0 Å². The van der Waals surface area contributed by atoms with Gasteiger partial charge >= 0.3 is 0 Å². The molecular formula is C23H34N6O5S. The Morgan fingerprint density at radius 2 is 1.97 bits per heavy atom. The number of nitrogens with zero attached hydrogens (tertiary/aromatic N) is 5. The van der Waals surface area contributed by atoms with Crippen molar-refractivity contribution in [2.45, 2.75) is 69.3 Å². The van der Waals surface area contributed by atoms with Gasteiger partial charge in [-0.2, -0.15) is 0 Å². The molecule has 1 unspecified atom stereocenters. The summed E-state index contributed by atoms with van der Waals surface area (Å²) in [5.74, 6) is -0.184. The number of ketones is 1. The maximum Gasteiger partial charge on any atom is 0.291 e. The van der Waals surface area contributed by atoms with Gasteiger partial charge in [0, 0.05) is 18.4 Å². The molecule has 0 aliphatic heterocycles. The van der Waals surface area contributed by atoms with Crippen molar-refractivity contribution in [3.05, 3.63) is 23.9 Å². The van der Waals surface area contributed by atoms with Crippen LogP contribution >= 0.6 is 11.8 Å². The normalized spacial score (nSPS) is 16.3. The van der Waals surface area contributed by atoms with E-state index in [1.165, 1.54) is 28.9 Å². The number of amides is 2. The van der Waals surface area contributed by atoms with Crippen molar-refractivity contribution in [3.63, 3.8) is 0 Å². The van der Waals surface area contributed by atoms with Crippen LogP contribution < -0.4 is 5.32 Å². The second-order valence-electron chi connectivity index (χ2n) is 9.47. The van der Waals surface area contributed by atoms with E-state index in [0.29, 0.717) is 30.9 Å². The topological polar surface area (TPSA) is 135 Å². The molecule has 2 aromatic rings. The fourth-order valence-corrected chi connectivity index (χ4v) is 5.15. The van der Waals surface area contributed by atoms with E-state index in [9.17, 15) is 14.4 Å². The van der Waals surface area contributed by atoms with Crippen LogP contribution in [-0.4, -0.2) is 81.4 Å². The van der Waals surface area contributed by atoms with Crippen LogP contribution in [0.5, 0.6) is 0 Å². The van der Waals surface area contributed by atoms with E-state index in [1.54, 1.807) is 0 Å². The number of carbonyl (C=O) groups excluding carboxylic acids is 3. The molecule has 1 atom stereocenters. The van der Waals surface area contributed by atoms with Gasteiger partial charge in [-0.1, -0.05) is 37.2 Å². The molecule has 12 heteroatoms. The van der Waals surface area contributed by atoms with Crippen LogP contribution in [0.1, 0.15) is 73.6 Å². The summed E-state index contributed by atoms with van der Waals surface area (Å²) in [5.41, 5.74) is -1.04. The molecule has 2 amide bonds. The van der Waals surface area contributed by atoms with Gasteiger partial charge < -0.3 is 24.1 Å². The van der Waals surface area contributed by atoms with Crippen LogP contribution in [0, 0.1) is 5.92 Å². The van der Waals surface area contributed by atoms with E-state index in [0.717, 1.165) is 31.6 Å². The highest BCUT2D eigenvalue weighted by atomic mass is 32.2. The molecule has 0 radical (unpaired) electrons. The first kappa shape index (κ1) is 26.9. The molecule has 192 valence electrons. The first-order valence-corrected chi connectivity index (χ1v) is 12.9. The molecule has 1 aliphatic carbocycles. The molecule has 2 aromatic heterocycles. The summed E-state index contributed by atoms with van der Waals surface area (Å²) >= 11 is 1.37. The molecule has 1 aliphatic rings. The predicted molar refractivity (Wildman–Crippen MR) is 129 cm³/mol. The van der Waals surface area contributed by atoms with E-state index in [4.69, 9.17) is 8.94 Å². The lowest BCUT2D eigenvalue weighted by atomic mass is 9.85. The van der Waals surface area contributed by atoms with E-state index in [2.05, 4.69) is 20.7 Å². The Morgan fingerprint density at radius 1 is 1.23 bits per heavy atom. The second kappa shape index (κ2) is 12.3. The Bertz CT molecular complexity index is 971. The number of carbonyl (C=O) groups is 3. The first-order valence-electron chi connectivity index (χ1n) is 11.9.